The first-order valence-corrected chi connectivity index (χ1v) is 8.71. The van der Waals surface area contributed by atoms with E-state index in [0.717, 1.165) is 11.3 Å². The lowest BCUT2D eigenvalue weighted by Crippen LogP contribution is -2.32. The van der Waals surface area contributed by atoms with Gasteiger partial charge in [0.15, 0.2) is 9.96 Å². The van der Waals surface area contributed by atoms with Gasteiger partial charge in [0, 0.05) is 32.8 Å². The van der Waals surface area contributed by atoms with Crippen molar-refractivity contribution in [1.29, 1.82) is 0 Å². The molecule has 126 valence electrons. The van der Waals surface area contributed by atoms with E-state index in [9.17, 15) is 13.2 Å². The van der Waals surface area contributed by atoms with E-state index in [2.05, 4.69) is 14.8 Å². The summed E-state index contributed by atoms with van der Waals surface area (Å²) >= 11 is 0.805. The van der Waals surface area contributed by atoms with Crippen molar-refractivity contribution in [3.63, 3.8) is 0 Å². The lowest BCUT2D eigenvalue weighted by Gasteiger charge is -2.07. The van der Waals surface area contributed by atoms with E-state index in [-0.39, 0.29) is 21.4 Å². The van der Waals surface area contributed by atoms with E-state index < -0.39 is 16.0 Å². The van der Waals surface area contributed by atoms with Crippen LogP contribution in [0.2, 0.25) is 0 Å². The summed E-state index contributed by atoms with van der Waals surface area (Å²) in [7, 11) is 0.408. The Balaban J connectivity index is 2.71. The van der Waals surface area contributed by atoms with Gasteiger partial charge in [0.05, 0.1) is 20.8 Å². The fourth-order valence-corrected chi connectivity index (χ4v) is 4.10. The third-order valence-corrected chi connectivity index (χ3v) is 5.67. The summed E-state index contributed by atoms with van der Waals surface area (Å²) in [6, 6.07) is 1.35. The number of hydrogen-bond donors (Lipinski definition) is 2. The summed E-state index contributed by atoms with van der Waals surface area (Å²) in [6.45, 7) is 1.85. The number of esters is 1. The predicted molar refractivity (Wildman–Crippen MR) is 82.1 cm³/mol. The molecular formula is C12H20N2O6S2. The van der Waals surface area contributed by atoms with Gasteiger partial charge in [0.25, 0.3) is 10.0 Å². The van der Waals surface area contributed by atoms with Crippen molar-refractivity contribution in [3.8, 4) is 5.75 Å². The van der Waals surface area contributed by atoms with Gasteiger partial charge in [0.2, 0.25) is 0 Å². The Kier molecular flexibility index (Phi) is 7.76. The molecule has 1 aromatic heterocycles. The maximum absolute atomic E-state index is 12.2. The number of carbonyl (C=O) groups excluding carboxylic acids is 1. The second kappa shape index (κ2) is 9.06. The van der Waals surface area contributed by atoms with E-state index in [1.165, 1.54) is 20.3 Å². The highest BCUT2D eigenvalue weighted by Gasteiger charge is 2.25. The minimum atomic E-state index is -3.75. The Morgan fingerprint density at radius 3 is 2.55 bits per heavy atom. The summed E-state index contributed by atoms with van der Waals surface area (Å²) in [5.41, 5.74) is 0. The molecule has 1 rings (SSSR count). The summed E-state index contributed by atoms with van der Waals surface area (Å²) in [5.74, 6) is -0.490. The molecule has 0 radical (unpaired) electrons. The molecule has 0 aliphatic rings. The van der Waals surface area contributed by atoms with E-state index in [1.807, 2.05) is 0 Å². The Labute approximate surface area is 133 Å². The van der Waals surface area contributed by atoms with Crippen molar-refractivity contribution < 1.29 is 27.4 Å². The van der Waals surface area contributed by atoms with Gasteiger partial charge in [-0.25, -0.2) is 17.9 Å². The molecule has 0 bridgehead atoms. The van der Waals surface area contributed by atoms with Crippen LogP contribution in [0.15, 0.2) is 10.3 Å². The highest BCUT2D eigenvalue weighted by molar-refractivity contribution is 7.91. The van der Waals surface area contributed by atoms with Crippen LogP contribution in [0.1, 0.15) is 9.67 Å². The third kappa shape index (κ3) is 5.21. The van der Waals surface area contributed by atoms with Crippen molar-refractivity contribution in [2.24, 2.45) is 0 Å². The Morgan fingerprint density at radius 2 is 1.95 bits per heavy atom. The van der Waals surface area contributed by atoms with Crippen LogP contribution in [0.4, 0.5) is 0 Å². The van der Waals surface area contributed by atoms with Crippen LogP contribution in [-0.4, -0.2) is 62.0 Å². The lowest BCUT2D eigenvalue weighted by molar-refractivity contribution is 0.0606. The van der Waals surface area contributed by atoms with E-state index in [0.29, 0.717) is 19.7 Å². The fraction of sp³-hybridized carbons (Fsp3) is 0.583. The Bertz CT molecular complexity index is 584. The van der Waals surface area contributed by atoms with Crippen molar-refractivity contribution in [1.82, 2.24) is 10.0 Å². The highest BCUT2D eigenvalue weighted by atomic mass is 32.2. The largest absolute Gasteiger partial charge is 0.494 e. The maximum Gasteiger partial charge on any atom is 0.348 e. The second-order valence-corrected chi connectivity index (χ2v) is 7.11. The quantitative estimate of drug-likeness (QED) is 0.453. The van der Waals surface area contributed by atoms with E-state index in [1.54, 1.807) is 7.11 Å². The van der Waals surface area contributed by atoms with Gasteiger partial charge in [-0.3, -0.25) is 0 Å². The average Bonchev–Trinajstić information content (AvgIpc) is 2.95. The first-order valence-electron chi connectivity index (χ1n) is 6.41. The molecule has 1 aromatic rings. The van der Waals surface area contributed by atoms with Crippen molar-refractivity contribution >= 4 is 27.3 Å². The average molecular weight is 352 g/mol. The van der Waals surface area contributed by atoms with Crippen LogP contribution < -0.4 is 14.8 Å². The van der Waals surface area contributed by atoms with Gasteiger partial charge in [-0.15, -0.1) is 11.3 Å². The molecule has 10 heteroatoms. The van der Waals surface area contributed by atoms with Crippen LogP contribution in [0.3, 0.4) is 0 Å². The molecule has 22 heavy (non-hydrogen) atoms. The molecule has 0 aromatic carbocycles. The number of thiophene rings is 1. The fourth-order valence-electron chi connectivity index (χ4n) is 1.53. The number of ether oxygens (including phenoxy) is 3. The summed E-state index contributed by atoms with van der Waals surface area (Å²) < 4.78 is 41.3. The number of methoxy groups -OCH3 is 3. The number of hydrogen-bond acceptors (Lipinski definition) is 8. The minimum absolute atomic E-state index is 0.0488. The standard InChI is InChI=1S/C12H20N2O6S2/c1-18-7-6-13-4-5-14-22(16,17)12-9(19-2)8-10(21-12)11(15)20-3/h8,13-14H,4-7H2,1-3H3. The van der Waals surface area contributed by atoms with E-state index in [4.69, 9.17) is 9.47 Å². The van der Waals surface area contributed by atoms with Gasteiger partial charge < -0.3 is 19.5 Å². The topological polar surface area (TPSA) is 103 Å². The Hall–Kier alpha value is -1.20. The summed E-state index contributed by atoms with van der Waals surface area (Å²) in [6.07, 6.45) is 0. The molecule has 0 unspecified atom stereocenters. The van der Waals surface area contributed by atoms with Crippen molar-refractivity contribution in [3.05, 3.63) is 10.9 Å². The van der Waals surface area contributed by atoms with Crippen LogP contribution in [0.25, 0.3) is 0 Å². The predicted octanol–water partition coefficient (Wildman–Crippen LogP) is 0.0576. The molecule has 0 spiro atoms. The van der Waals surface area contributed by atoms with Crippen LogP contribution in [0.5, 0.6) is 5.75 Å². The normalized spacial score (nSPS) is 11.4. The monoisotopic (exact) mass is 352 g/mol. The molecular weight excluding hydrogens is 332 g/mol. The first-order chi connectivity index (χ1) is 10.5. The maximum atomic E-state index is 12.2. The van der Waals surface area contributed by atoms with Crippen molar-refractivity contribution in [2.75, 3.05) is 47.6 Å². The zero-order chi connectivity index (χ0) is 16.6. The van der Waals surface area contributed by atoms with Gasteiger partial charge in [-0.2, -0.15) is 0 Å². The zero-order valence-corrected chi connectivity index (χ0v) is 14.3. The summed E-state index contributed by atoms with van der Waals surface area (Å²) in [5, 5.41) is 3.02. The van der Waals surface area contributed by atoms with E-state index >= 15 is 0 Å². The number of carbonyl (C=O) groups is 1. The number of rotatable bonds is 10. The van der Waals surface area contributed by atoms with Crippen LogP contribution >= 0.6 is 11.3 Å². The lowest BCUT2D eigenvalue weighted by atomic mass is 10.4. The molecule has 1 heterocycles. The van der Waals surface area contributed by atoms with Crippen molar-refractivity contribution in [2.45, 2.75) is 4.21 Å². The first kappa shape index (κ1) is 18.8. The smallest absolute Gasteiger partial charge is 0.348 e. The van der Waals surface area contributed by atoms with Gasteiger partial charge >= 0.3 is 5.97 Å². The number of sulfonamides is 1. The minimum Gasteiger partial charge on any atom is -0.494 e. The molecule has 0 aliphatic carbocycles. The zero-order valence-electron chi connectivity index (χ0n) is 12.7. The summed E-state index contributed by atoms with van der Waals surface area (Å²) in [4.78, 5) is 11.6. The molecule has 0 saturated heterocycles. The molecule has 2 N–H and O–H groups in total. The molecule has 0 atom stereocenters. The third-order valence-electron chi connectivity index (χ3n) is 2.59. The highest BCUT2D eigenvalue weighted by Crippen LogP contribution is 2.33. The molecule has 0 saturated carbocycles. The van der Waals surface area contributed by atoms with Gasteiger partial charge in [-0.1, -0.05) is 0 Å². The molecule has 0 amide bonds. The van der Waals surface area contributed by atoms with Crippen LogP contribution in [0, 0.1) is 0 Å². The number of nitrogens with one attached hydrogen (secondary N) is 2. The van der Waals surface area contributed by atoms with Crippen LogP contribution in [-0.2, 0) is 19.5 Å². The SMILES string of the molecule is COCCNCCNS(=O)(=O)c1sc(C(=O)OC)cc1OC. The molecule has 0 fully saturated rings. The Morgan fingerprint density at radius 1 is 1.23 bits per heavy atom. The van der Waals surface area contributed by atoms with Gasteiger partial charge in [-0.05, 0) is 0 Å². The molecule has 0 aliphatic heterocycles. The van der Waals surface area contributed by atoms with Gasteiger partial charge in [0.1, 0.15) is 4.88 Å². The molecule has 8 nitrogen and oxygen atoms in total. The second-order valence-electron chi connectivity index (χ2n) is 4.10.